The zero-order valence-electron chi connectivity index (χ0n) is 11.1. The lowest BCUT2D eigenvalue weighted by molar-refractivity contribution is 0.554. The monoisotopic (exact) mass is 251 g/mol. The lowest BCUT2D eigenvalue weighted by atomic mass is 10.1. The molecule has 0 aliphatic rings. The molecular weight excluding hydrogens is 226 g/mol. The van der Waals surface area contributed by atoms with E-state index in [-0.39, 0.29) is 0 Å². The standard InChI is InChI=1S/C15H25NS/c1-3-13(4-2)12-17-15-9-5-7-14(11-15)8-6-10-16/h5,7,9,11,13H,3-4,6,8,10,12,16H2,1-2H3. The fourth-order valence-electron chi connectivity index (χ4n) is 1.84. The first kappa shape index (κ1) is 14.6. The SMILES string of the molecule is CCC(CC)CSc1cccc(CCCN)c1. The Morgan fingerprint density at radius 3 is 2.65 bits per heavy atom. The van der Waals surface area contributed by atoms with Gasteiger partial charge in [0.2, 0.25) is 0 Å². The highest BCUT2D eigenvalue weighted by atomic mass is 32.2. The minimum Gasteiger partial charge on any atom is -0.330 e. The van der Waals surface area contributed by atoms with E-state index in [0.717, 1.165) is 25.3 Å². The second kappa shape index (κ2) is 8.60. The quantitative estimate of drug-likeness (QED) is 0.704. The summed E-state index contributed by atoms with van der Waals surface area (Å²) in [5.74, 6) is 2.10. The van der Waals surface area contributed by atoms with E-state index in [1.54, 1.807) is 0 Å². The van der Waals surface area contributed by atoms with E-state index in [1.807, 2.05) is 11.8 Å². The number of rotatable bonds is 8. The number of hydrogen-bond acceptors (Lipinski definition) is 2. The smallest absolute Gasteiger partial charge is 0.00747 e. The van der Waals surface area contributed by atoms with Gasteiger partial charge in [-0.3, -0.25) is 0 Å². The predicted molar refractivity (Wildman–Crippen MR) is 78.6 cm³/mol. The molecule has 0 aliphatic heterocycles. The van der Waals surface area contributed by atoms with Gasteiger partial charge in [-0.05, 0) is 43.0 Å². The molecular formula is C15H25NS. The summed E-state index contributed by atoms with van der Waals surface area (Å²) in [4.78, 5) is 1.41. The molecule has 1 aromatic rings. The van der Waals surface area contributed by atoms with Gasteiger partial charge in [-0.2, -0.15) is 0 Å². The molecule has 0 saturated carbocycles. The van der Waals surface area contributed by atoms with Crippen molar-refractivity contribution >= 4 is 11.8 Å². The largest absolute Gasteiger partial charge is 0.330 e. The Kier molecular flexibility index (Phi) is 7.38. The molecule has 1 rings (SSSR count). The van der Waals surface area contributed by atoms with Crippen LogP contribution >= 0.6 is 11.8 Å². The molecule has 0 unspecified atom stereocenters. The summed E-state index contributed by atoms with van der Waals surface area (Å²) >= 11 is 1.99. The van der Waals surface area contributed by atoms with Crippen LogP contribution in [0.25, 0.3) is 0 Å². The van der Waals surface area contributed by atoms with Gasteiger partial charge in [-0.1, -0.05) is 38.8 Å². The minimum atomic E-state index is 0.783. The first-order valence-electron chi connectivity index (χ1n) is 6.71. The van der Waals surface area contributed by atoms with Crippen LogP contribution in [0.1, 0.15) is 38.7 Å². The highest BCUT2D eigenvalue weighted by Gasteiger charge is 2.04. The summed E-state index contributed by atoms with van der Waals surface area (Å²) in [6, 6.07) is 8.92. The Hall–Kier alpha value is -0.470. The molecule has 17 heavy (non-hydrogen) atoms. The van der Waals surface area contributed by atoms with Crippen LogP contribution in [0, 0.1) is 5.92 Å². The topological polar surface area (TPSA) is 26.0 Å². The third-order valence-electron chi connectivity index (χ3n) is 3.21. The van der Waals surface area contributed by atoms with Crippen molar-refractivity contribution in [1.29, 1.82) is 0 Å². The average molecular weight is 251 g/mol. The van der Waals surface area contributed by atoms with Crippen molar-refractivity contribution in [3.63, 3.8) is 0 Å². The van der Waals surface area contributed by atoms with Crippen LogP contribution in [0.4, 0.5) is 0 Å². The van der Waals surface area contributed by atoms with Crippen LogP contribution in [-0.4, -0.2) is 12.3 Å². The van der Waals surface area contributed by atoms with Gasteiger partial charge in [0.25, 0.3) is 0 Å². The number of thioether (sulfide) groups is 1. The predicted octanol–water partition coefficient (Wildman–Crippen LogP) is 4.11. The van der Waals surface area contributed by atoms with Gasteiger partial charge in [-0.15, -0.1) is 11.8 Å². The lowest BCUT2D eigenvalue weighted by Gasteiger charge is -2.11. The maximum absolute atomic E-state index is 5.54. The van der Waals surface area contributed by atoms with Crippen LogP contribution < -0.4 is 5.73 Å². The molecule has 0 radical (unpaired) electrons. The van der Waals surface area contributed by atoms with E-state index in [9.17, 15) is 0 Å². The fourth-order valence-corrected chi connectivity index (χ4v) is 3.14. The Balaban J connectivity index is 2.47. The first-order valence-corrected chi connectivity index (χ1v) is 7.70. The summed E-state index contributed by atoms with van der Waals surface area (Å²) in [5.41, 5.74) is 6.96. The minimum absolute atomic E-state index is 0.783. The van der Waals surface area contributed by atoms with Gasteiger partial charge in [-0.25, -0.2) is 0 Å². The Labute approximate surface area is 110 Å². The molecule has 0 atom stereocenters. The van der Waals surface area contributed by atoms with Crippen molar-refractivity contribution in [3.05, 3.63) is 29.8 Å². The second-order valence-corrected chi connectivity index (χ2v) is 5.63. The van der Waals surface area contributed by atoms with Crippen LogP contribution in [0.15, 0.2) is 29.2 Å². The molecule has 0 aromatic heterocycles. The Morgan fingerprint density at radius 1 is 1.24 bits per heavy atom. The number of aryl methyl sites for hydroxylation is 1. The maximum Gasteiger partial charge on any atom is 0.00747 e. The van der Waals surface area contributed by atoms with Gasteiger partial charge in [0, 0.05) is 10.6 Å². The van der Waals surface area contributed by atoms with Crippen molar-refractivity contribution in [2.45, 2.75) is 44.4 Å². The zero-order chi connectivity index (χ0) is 12.5. The highest BCUT2D eigenvalue weighted by Crippen LogP contribution is 2.24. The molecule has 1 nitrogen and oxygen atoms in total. The fraction of sp³-hybridized carbons (Fsp3) is 0.600. The van der Waals surface area contributed by atoms with E-state index in [2.05, 4.69) is 38.1 Å². The van der Waals surface area contributed by atoms with E-state index in [4.69, 9.17) is 5.73 Å². The molecule has 0 amide bonds. The van der Waals surface area contributed by atoms with E-state index < -0.39 is 0 Å². The zero-order valence-corrected chi connectivity index (χ0v) is 11.9. The van der Waals surface area contributed by atoms with Crippen molar-refractivity contribution in [1.82, 2.24) is 0 Å². The van der Waals surface area contributed by atoms with E-state index in [0.29, 0.717) is 0 Å². The molecule has 0 aliphatic carbocycles. The van der Waals surface area contributed by atoms with Crippen molar-refractivity contribution in [3.8, 4) is 0 Å². The van der Waals surface area contributed by atoms with E-state index >= 15 is 0 Å². The molecule has 0 fully saturated rings. The van der Waals surface area contributed by atoms with Crippen LogP contribution in [-0.2, 0) is 6.42 Å². The summed E-state index contributed by atoms with van der Waals surface area (Å²) in [6.07, 6.45) is 4.77. The van der Waals surface area contributed by atoms with Gasteiger partial charge in [0.05, 0.1) is 0 Å². The second-order valence-electron chi connectivity index (χ2n) is 4.53. The Bertz CT molecular complexity index is 308. The van der Waals surface area contributed by atoms with Gasteiger partial charge < -0.3 is 5.73 Å². The normalized spacial score (nSPS) is 11.1. The molecule has 0 heterocycles. The van der Waals surface area contributed by atoms with Crippen LogP contribution in [0.3, 0.4) is 0 Å². The number of benzene rings is 1. The maximum atomic E-state index is 5.54. The molecule has 0 bridgehead atoms. The van der Waals surface area contributed by atoms with Crippen LogP contribution in [0.2, 0.25) is 0 Å². The third-order valence-corrected chi connectivity index (χ3v) is 4.43. The molecule has 2 heteroatoms. The molecule has 2 N–H and O–H groups in total. The summed E-state index contributed by atoms with van der Waals surface area (Å²) < 4.78 is 0. The van der Waals surface area contributed by atoms with Gasteiger partial charge >= 0.3 is 0 Å². The van der Waals surface area contributed by atoms with Crippen molar-refractivity contribution in [2.75, 3.05) is 12.3 Å². The number of nitrogens with two attached hydrogens (primary N) is 1. The van der Waals surface area contributed by atoms with Crippen molar-refractivity contribution in [2.24, 2.45) is 11.7 Å². The van der Waals surface area contributed by atoms with Gasteiger partial charge in [0.15, 0.2) is 0 Å². The molecule has 0 saturated heterocycles. The highest BCUT2D eigenvalue weighted by molar-refractivity contribution is 7.99. The van der Waals surface area contributed by atoms with Crippen LogP contribution in [0.5, 0.6) is 0 Å². The lowest BCUT2D eigenvalue weighted by Crippen LogP contribution is -2.01. The molecule has 96 valence electrons. The Morgan fingerprint density at radius 2 is 2.00 bits per heavy atom. The third kappa shape index (κ3) is 5.60. The first-order chi connectivity index (χ1) is 8.30. The summed E-state index contributed by atoms with van der Waals surface area (Å²) in [7, 11) is 0. The summed E-state index contributed by atoms with van der Waals surface area (Å²) in [6.45, 7) is 5.35. The summed E-state index contributed by atoms with van der Waals surface area (Å²) in [5, 5.41) is 0. The van der Waals surface area contributed by atoms with Crippen molar-refractivity contribution < 1.29 is 0 Å². The van der Waals surface area contributed by atoms with Gasteiger partial charge in [0.1, 0.15) is 0 Å². The van der Waals surface area contributed by atoms with E-state index in [1.165, 1.54) is 29.1 Å². The average Bonchev–Trinajstić information content (AvgIpc) is 2.38. The molecule has 0 spiro atoms. The molecule has 1 aromatic carbocycles. The number of hydrogen-bond donors (Lipinski definition) is 1.